The number of allylic oxidation sites excluding steroid dienone is 3. The van der Waals surface area contributed by atoms with Crippen molar-refractivity contribution in [3.8, 4) is 5.82 Å². The Labute approximate surface area is 229 Å². The SMILES string of the molecule is C=C(/C=C(F)\C=C(/C)F)[C@@H]1CC=NN1C(=O)N1CCN(c2ncc(F)c(-n3nc(C)c(NC(C)=O)c3C)n2)CC1. The van der Waals surface area contributed by atoms with E-state index in [4.69, 9.17) is 0 Å². The van der Waals surface area contributed by atoms with Gasteiger partial charge in [-0.05, 0) is 32.4 Å². The molecule has 1 N–H and O–H groups in total. The van der Waals surface area contributed by atoms with Gasteiger partial charge in [-0.1, -0.05) is 6.58 Å². The fourth-order valence-electron chi connectivity index (χ4n) is 4.51. The van der Waals surface area contributed by atoms with Gasteiger partial charge in [-0.3, -0.25) is 4.79 Å². The molecule has 2 aromatic heterocycles. The zero-order valence-corrected chi connectivity index (χ0v) is 22.7. The Balaban J connectivity index is 1.45. The molecule has 0 bridgehead atoms. The van der Waals surface area contributed by atoms with Crippen LogP contribution in [0.2, 0.25) is 0 Å². The highest BCUT2D eigenvalue weighted by molar-refractivity contribution is 5.90. The lowest BCUT2D eigenvalue weighted by Crippen LogP contribution is -2.53. The summed E-state index contributed by atoms with van der Waals surface area (Å²) in [7, 11) is 0. The molecule has 2 aliphatic rings. The normalized spacial score (nSPS) is 18.0. The molecule has 0 unspecified atom stereocenters. The molecule has 3 amide bonds. The summed E-state index contributed by atoms with van der Waals surface area (Å²) in [5.41, 5.74) is 1.80. The lowest BCUT2D eigenvalue weighted by atomic mass is 10.1. The highest BCUT2D eigenvalue weighted by Gasteiger charge is 2.33. The summed E-state index contributed by atoms with van der Waals surface area (Å²) in [4.78, 5) is 36.7. The van der Waals surface area contributed by atoms with E-state index in [1.165, 1.54) is 16.6 Å². The van der Waals surface area contributed by atoms with Crippen LogP contribution in [-0.2, 0) is 4.79 Å². The average molecular weight is 558 g/mol. The van der Waals surface area contributed by atoms with Crippen molar-refractivity contribution >= 4 is 29.8 Å². The zero-order chi connectivity index (χ0) is 29.1. The molecule has 2 aliphatic heterocycles. The van der Waals surface area contributed by atoms with Gasteiger partial charge in [0.05, 0.1) is 35.1 Å². The second kappa shape index (κ2) is 11.7. The minimum atomic E-state index is -0.802. The predicted octanol–water partition coefficient (Wildman–Crippen LogP) is 3.96. The minimum Gasteiger partial charge on any atom is -0.337 e. The molecule has 0 aromatic carbocycles. The molecule has 2 aromatic rings. The van der Waals surface area contributed by atoms with Crippen LogP contribution in [0, 0.1) is 19.7 Å². The number of hydrazone groups is 1. The number of hydrogen-bond donors (Lipinski definition) is 1. The first-order valence-electron chi connectivity index (χ1n) is 12.6. The molecule has 14 heteroatoms. The first-order chi connectivity index (χ1) is 19.0. The molecule has 1 atom stereocenters. The Kier molecular flexibility index (Phi) is 8.35. The number of aryl methyl sites for hydroxylation is 1. The largest absolute Gasteiger partial charge is 0.341 e. The molecule has 40 heavy (non-hydrogen) atoms. The molecule has 11 nitrogen and oxygen atoms in total. The first-order valence-corrected chi connectivity index (χ1v) is 12.6. The van der Waals surface area contributed by atoms with Gasteiger partial charge in [0.1, 0.15) is 5.83 Å². The third-order valence-electron chi connectivity index (χ3n) is 6.45. The van der Waals surface area contributed by atoms with Gasteiger partial charge in [-0.15, -0.1) is 0 Å². The maximum absolute atomic E-state index is 14.8. The lowest BCUT2D eigenvalue weighted by Gasteiger charge is -2.37. The van der Waals surface area contributed by atoms with E-state index in [-0.39, 0.29) is 29.3 Å². The molecule has 0 spiro atoms. The van der Waals surface area contributed by atoms with E-state index >= 15 is 0 Å². The quantitative estimate of drug-likeness (QED) is 0.539. The van der Waals surface area contributed by atoms with Crippen LogP contribution >= 0.6 is 0 Å². The second-order valence-electron chi connectivity index (χ2n) is 9.47. The molecule has 0 saturated carbocycles. The molecule has 1 fully saturated rings. The van der Waals surface area contributed by atoms with Crippen LogP contribution in [0.5, 0.6) is 0 Å². The monoisotopic (exact) mass is 557 g/mol. The van der Waals surface area contributed by atoms with Gasteiger partial charge in [0.2, 0.25) is 11.9 Å². The van der Waals surface area contributed by atoms with Crippen molar-refractivity contribution in [2.75, 3.05) is 36.4 Å². The van der Waals surface area contributed by atoms with E-state index < -0.39 is 23.5 Å². The van der Waals surface area contributed by atoms with Crippen LogP contribution in [0.25, 0.3) is 5.82 Å². The van der Waals surface area contributed by atoms with E-state index in [9.17, 15) is 22.8 Å². The summed E-state index contributed by atoms with van der Waals surface area (Å²) in [5.74, 6) is -2.24. The second-order valence-corrected chi connectivity index (χ2v) is 9.47. The zero-order valence-electron chi connectivity index (χ0n) is 22.7. The summed E-state index contributed by atoms with van der Waals surface area (Å²) >= 11 is 0. The lowest BCUT2D eigenvalue weighted by molar-refractivity contribution is -0.114. The van der Waals surface area contributed by atoms with Crippen molar-refractivity contribution in [1.29, 1.82) is 0 Å². The number of rotatable bonds is 6. The van der Waals surface area contributed by atoms with Crippen molar-refractivity contribution in [3.05, 3.63) is 59.4 Å². The maximum Gasteiger partial charge on any atom is 0.341 e. The Bertz CT molecular complexity index is 1420. The third kappa shape index (κ3) is 6.05. The van der Waals surface area contributed by atoms with Gasteiger partial charge in [0.25, 0.3) is 0 Å². The molecular formula is C26H30F3N9O2. The Morgan fingerprint density at radius 3 is 2.48 bits per heavy atom. The maximum atomic E-state index is 14.8. The Morgan fingerprint density at radius 1 is 1.12 bits per heavy atom. The first kappa shape index (κ1) is 28.5. The minimum absolute atomic E-state index is 0.0634. The van der Waals surface area contributed by atoms with Crippen LogP contribution in [0.3, 0.4) is 0 Å². The molecule has 0 radical (unpaired) electrons. The standard InChI is InChI=1S/C26H30F3N9O2/c1-15(12-20(28)13-16(2)27)22-6-7-31-38(22)26(40)36-10-8-35(9-11-36)25-30-14-21(29)24(33-25)37-18(4)23(17(3)34-37)32-19(5)39/h7,12-14,22H,1,6,8-11H2,2-5H3,(H,32,39)/b16-13+,20-12+/t22-/m0/s1. The number of amides is 3. The number of halogens is 3. The highest BCUT2D eigenvalue weighted by atomic mass is 19.1. The van der Waals surface area contributed by atoms with Crippen LogP contribution in [0.15, 0.2) is 47.3 Å². The van der Waals surface area contributed by atoms with E-state index in [0.717, 1.165) is 25.3 Å². The van der Waals surface area contributed by atoms with Gasteiger partial charge in [0, 0.05) is 51.8 Å². The number of piperazine rings is 1. The fourth-order valence-corrected chi connectivity index (χ4v) is 4.51. The molecule has 212 valence electrons. The number of nitrogens with zero attached hydrogens (tertiary/aromatic N) is 8. The van der Waals surface area contributed by atoms with Gasteiger partial charge in [0.15, 0.2) is 11.6 Å². The van der Waals surface area contributed by atoms with Gasteiger partial charge >= 0.3 is 6.03 Å². The number of carbonyl (C=O) groups is 2. The fraction of sp³-hybridized carbons (Fsp3) is 0.385. The Hall–Kier alpha value is -4.49. The Morgan fingerprint density at radius 2 is 1.82 bits per heavy atom. The third-order valence-corrected chi connectivity index (χ3v) is 6.45. The van der Waals surface area contributed by atoms with Crippen molar-refractivity contribution in [1.82, 2.24) is 29.7 Å². The van der Waals surface area contributed by atoms with Crippen molar-refractivity contribution < 1.29 is 22.8 Å². The topological polar surface area (TPSA) is 112 Å². The number of hydrogen-bond acceptors (Lipinski definition) is 7. The average Bonchev–Trinajstić information content (AvgIpc) is 3.49. The number of aromatic nitrogens is 4. The van der Waals surface area contributed by atoms with Crippen LogP contribution in [-0.4, -0.2) is 80.0 Å². The van der Waals surface area contributed by atoms with E-state index in [1.54, 1.807) is 25.0 Å². The van der Waals surface area contributed by atoms with Crippen molar-refractivity contribution in [2.45, 2.75) is 40.2 Å². The van der Waals surface area contributed by atoms with Gasteiger partial charge in [-0.25, -0.2) is 32.6 Å². The highest BCUT2D eigenvalue weighted by Crippen LogP contribution is 2.26. The van der Waals surface area contributed by atoms with E-state index in [0.29, 0.717) is 49.7 Å². The number of anilines is 2. The van der Waals surface area contributed by atoms with Gasteiger partial charge < -0.3 is 15.1 Å². The number of urea groups is 1. The van der Waals surface area contributed by atoms with Crippen molar-refractivity contribution in [2.24, 2.45) is 5.10 Å². The van der Waals surface area contributed by atoms with Crippen LogP contribution in [0.4, 0.5) is 29.6 Å². The number of nitrogens with one attached hydrogen (secondary N) is 1. The van der Waals surface area contributed by atoms with Crippen molar-refractivity contribution in [3.63, 3.8) is 0 Å². The summed E-state index contributed by atoms with van der Waals surface area (Å²) < 4.78 is 43.0. The summed E-state index contributed by atoms with van der Waals surface area (Å²) in [6.07, 6.45) is 4.80. The molecule has 4 heterocycles. The smallest absolute Gasteiger partial charge is 0.337 e. The molecule has 4 rings (SSSR count). The van der Waals surface area contributed by atoms with E-state index in [1.807, 2.05) is 4.90 Å². The summed E-state index contributed by atoms with van der Waals surface area (Å²) in [6.45, 7) is 11.1. The predicted molar refractivity (Wildman–Crippen MR) is 144 cm³/mol. The molecule has 1 saturated heterocycles. The van der Waals surface area contributed by atoms with Crippen LogP contribution in [0.1, 0.15) is 31.7 Å². The van der Waals surface area contributed by atoms with Crippen LogP contribution < -0.4 is 10.2 Å². The summed E-state index contributed by atoms with van der Waals surface area (Å²) in [5, 5.41) is 12.4. The summed E-state index contributed by atoms with van der Waals surface area (Å²) in [6, 6.07) is -0.963. The molecular weight excluding hydrogens is 527 g/mol. The molecule has 0 aliphatic carbocycles. The van der Waals surface area contributed by atoms with Gasteiger partial charge in [-0.2, -0.15) is 15.2 Å². The number of carbonyl (C=O) groups excluding carboxylic acids is 2. The van der Waals surface area contributed by atoms with E-state index in [2.05, 4.69) is 32.1 Å².